The van der Waals surface area contributed by atoms with Crippen LogP contribution in [0.5, 0.6) is 0 Å². The summed E-state index contributed by atoms with van der Waals surface area (Å²) in [4.78, 5) is 11.5. The van der Waals surface area contributed by atoms with Gasteiger partial charge in [-0.25, -0.2) is 4.39 Å². The molecule has 0 saturated heterocycles. The third-order valence-corrected chi connectivity index (χ3v) is 2.47. The summed E-state index contributed by atoms with van der Waals surface area (Å²) in [6, 6.07) is 5.51. The van der Waals surface area contributed by atoms with Crippen molar-refractivity contribution in [2.45, 2.75) is 19.3 Å². The van der Waals surface area contributed by atoms with Crippen molar-refractivity contribution < 1.29 is 9.18 Å². The van der Waals surface area contributed by atoms with Crippen molar-refractivity contribution in [3.05, 3.63) is 35.6 Å². The Morgan fingerprint density at radius 2 is 1.88 bits per heavy atom. The van der Waals surface area contributed by atoms with E-state index in [0.717, 1.165) is 19.3 Å². The average molecular weight is 244 g/mol. The van der Waals surface area contributed by atoms with Crippen molar-refractivity contribution in [3.8, 4) is 0 Å². The largest absolute Gasteiger partial charge is 0.352 e. The molecular formula is C12H15ClFNO. The number of hydrogen-bond donors (Lipinski definition) is 1. The van der Waals surface area contributed by atoms with Gasteiger partial charge in [-0.1, -0.05) is 6.42 Å². The number of nitrogens with one attached hydrogen (secondary N) is 1. The van der Waals surface area contributed by atoms with Gasteiger partial charge in [-0.05, 0) is 37.1 Å². The van der Waals surface area contributed by atoms with Gasteiger partial charge in [0.2, 0.25) is 0 Å². The number of halogens is 2. The molecule has 1 amide bonds. The third kappa shape index (κ3) is 4.62. The van der Waals surface area contributed by atoms with Gasteiger partial charge in [0, 0.05) is 18.0 Å². The van der Waals surface area contributed by atoms with Gasteiger partial charge in [0.15, 0.2) is 0 Å². The summed E-state index contributed by atoms with van der Waals surface area (Å²) in [6.45, 7) is 0.632. The first-order chi connectivity index (χ1) is 7.74. The molecular weight excluding hydrogens is 229 g/mol. The first-order valence-corrected chi connectivity index (χ1v) is 5.87. The lowest BCUT2D eigenvalue weighted by atomic mass is 10.2. The topological polar surface area (TPSA) is 29.1 Å². The van der Waals surface area contributed by atoms with E-state index < -0.39 is 0 Å². The minimum absolute atomic E-state index is 0.161. The molecule has 88 valence electrons. The van der Waals surface area contributed by atoms with Crippen molar-refractivity contribution >= 4 is 17.5 Å². The number of alkyl halides is 1. The van der Waals surface area contributed by atoms with Crippen LogP contribution in [0.3, 0.4) is 0 Å². The molecule has 0 radical (unpaired) electrons. The normalized spacial score (nSPS) is 10.1. The average Bonchev–Trinajstić information content (AvgIpc) is 2.29. The van der Waals surface area contributed by atoms with Crippen LogP contribution in [-0.2, 0) is 0 Å². The Hall–Kier alpha value is -1.09. The van der Waals surface area contributed by atoms with E-state index in [1.165, 1.54) is 24.3 Å². The first-order valence-electron chi connectivity index (χ1n) is 5.34. The Balaban J connectivity index is 2.27. The second-order valence-electron chi connectivity index (χ2n) is 3.51. The highest BCUT2D eigenvalue weighted by atomic mass is 35.5. The van der Waals surface area contributed by atoms with Crippen LogP contribution in [0.25, 0.3) is 0 Å². The van der Waals surface area contributed by atoms with Crippen LogP contribution in [0.15, 0.2) is 24.3 Å². The Labute approximate surface area is 99.8 Å². The highest BCUT2D eigenvalue weighted by molar-refractivity contribution is 6.17. The molecule has 1 N–H and O–H groups in total. The van der Waals surface area contributed by atoms with Crippen LogP contribution in [-0.4, -0.2) is 18.3 Å². The number of rotatable bonds is 6. The Bertz CT molecular complexity index is 326. The minimum Gasteiger partial charge on any atom is -0.352 e. The Kier molecular flexibility index (Phi) is 5.86. The van der Waals surface area contributed by atoms with E-state index in [4.69, 9.17) is 11.6 Å². The molecule has 0 saturated carbocycles. The van der Waals surface area contributed by atoms with E-state index in [1.54, 1.807) is 0 Å². The number of amides is 1. The van der Waals surface area contributed by atoms with Crippen LogP contribution in [0.1, 0.15) is 29.6 Å². The fraction of sp³-hybridized carbons (Fsp3) is 0.417. The van der Waals surface area contributed by atoms with Crippen molar-refractivity contribution in [2.75, 3.05) is 12.4 Å². The van der Waals surface area contributed by atoms with Gasteiger partial charge in [0.25, 0.3) is 5.91 Å². The fourth-order valence-electron chi connectivity index (χ4n) is 1.30. The maximum Gasteiger partial charge on any atom is 0.251 e. The van der Waals surface area contributed by atoms with Gasteiger partial charge in [-0.15, -0.1) is 11.6 Å². The van der Waals surface area contributed by atoms with E-state index in [-0.39, 0.29) is 11.7 Å². The molecule has 16 heavy (non-hydrogen) atoms. The molecule has 0 unspecified atom stereocenters. The number of benzene rings is 1. The zero-order valence-corrected chi connectivity index (χ0v) is 9.77. The lowest BCUT2D eigenvalue weighted by Gasteiger charge is -2.04. The van der Waals surface area contributed by atoms with Gasteiger partial charge in [-0.2, -0.15) is 0 Å². The highest BCUT2D eigenvalue weighted by Crippen LogP contribution is 2.02. The van der Waals surface area contributed by atoms with E-state index in [2.05, 4.69) is 5.32 Å². The SMILES string of the molecule is O=C(NCCCCCCl)c1ccc(F)cc1. The summed E-state index contributed by atoms with van der Waals surface area (Å²) < 4.78 is 12.6. The molecule has 0 heterocycles. The quantitative estimate of drug-likeness (QED) is 0.604. The predicted molar refractivity (Wildman–Crippen MR) is 63.3 cm³/mol. The molecule has 0 aliphatic carbocycles. The van der Waals surface area contributed by atoms with Crippen molar-refractivity contribution in [1.29, 1.82) is 0 Å². The molecule has 0 aliphatic heterocycles. The lowest BCUT2D eigenvalue weighted by Crippen LogP contribution is -2.24. The van der Waals surface area contributed by atoms with Crippen molar-refractivity contribution in [2.24, 2.45) is 0 Å². The first kappa shape index (κ1) is 13.0. The molecule has 1 rings (SSSR count). The fourth-order valence-corrected chi connectivity index (χ4v) is 1.49. The summed E-state index contributed by atoms with van der Waals surface area (Å²) in [5.74, 6) is 0.163. The molecule has 1 aromatic rings. The van der Waals surface area contributed by atoms with Crippen LogP contribution in [0.4, 0.5) is 4.39 Å². The number of carbonyl (C=O) groups excluding carboxylic acids is 1. The third-order valence-electron chi connectivity index (χ3n) is 2.20. The second-order valence-corrected chi connectivity index (χ2v) is 3.89. The molecule has 4 heteroatoms. The van der Waals surface area contributed by atoms with Gasteiger partial charge in [0.05, 0.1) is 0 Å². The molecule has 2 nitrogen and oxygen atoms in total. The lowest BCUT2D eigenvalue weighted by molar-refractivity contribution is 0.0953. The van der Waals surface area contributed by atoms with E-state index in [0.29, 0.717) is 18.0 Å². The smallest absolute Gasteiger partial charge is 0.251 e. The van der Waals surface area contributed by atoms with Gasteiger partial charge in [0.1, 0.15) is 5.82 Å². The number of unbranched alkanes of at least 4 members (excludes halogenated alkanes) is 2. The summed E-state index contributed by atoms with van der Waals surface area (Å²) in [5.41, 5.74) is 0.485. The van der Waals surface area contributed by atoms with E-state index in [9.17, 15) is 9.18 Å². The summed E-state index contributed by atoms with van der Waals surface area (Å²) in [5, 5.41) is 2.77. The van der Waals surface area contributed by atoms with Crippen LogP contribution in [0, 0.1) is 5.82 Å². The van der Waals surface area contributed by atoms with Crippen molar-refractivity contribution in [3.63, 3.8) is 0 Å². The van der Waals surface area contributed by atoms with Gasteiger partial charge in [-0.3, -0.25) is 4.79 Å². The highest BCUT2D eigenvalue weighted by Gasteiger charge is 2.03. The molecule has 0 atom stereocenters. The second kappa shape index (κ2) is 7.23. The summed E-state index contributed by atoms with van der Waals surface area (Å²) >= 11 is 5.53. The van der Waals surface area contributed by atoms with Gasteiger partial charge < -0.3 is 5.32 Å². The molecule has 0 spiro atoms. The number of hydrogen-bond acceptors (Lipinski definition) is 1. The van der Waals surface area contributed by atoms with Crippen LogP contribution in [0.2, 0.25) is 0 Å². The monoisotopic (exact) mass is 243 g/mol. The molecule has 1 aromatic carbocycles. The molecule has 0 fully saturated rings. The number of carbonyl (C=O) groups is 1. The van der Waals surface area contributed by atoms with E-state index >= 15 is 0 Å². The molecule has 0 aliphatic rings. The zero-order valence-electron chi connectivity index (χ0n) is 9.01. The molecule has 0 aromatic heterocycles. The van der Waals surface area contributed by atoms with Gasteiger partial charge >= 0.3 is 0 Å². The van der Waals surface area contributed by atoms with Crippen LogP contribution >= 0.6 is 11.6 Å². The summed E-state index contributed by atoms with van der Waals surface area (Å²) in [7, 11) is 0. The Morgan fingerprint density at radius 1 is 1.19 bits per heavy atom. The zero-order chi connectivity index (χ0) is 11.8. The maximum absolute atomic E-state index is 12.6. The van der Waals surface area contributed by atoms with Crippen LogP contribution < -0.4 is 5.32 Å². The van der Waals surface area contributed by atoms with E-state index in [1.807, 2.05) is 0 Å². The Morgan fingerprint density at radius 3 is 2.50 bits per heavy atom. The standard InChI is InChI=1S/C12H15ClFNO/c13-8-2-1-3-9-15-12(16)10-4-6-11(14)7-5-10/h4-7H,1-3,8-9H2,(H,15,16). The minimum atomic E-state index is -0.335. The summed E-state index contributed by atoms with van der Waals surface area (Å²) in [6.07, 6.45) is 2.89. The molecule has 0 bridgehead atoms. The van der Waals surface area contributed by atoms with Crippen molar-refractivity contribution in [1.82, 2.24) is 5.32 Å². The maximum atomic E-state index is 12.6. The predicted octanol–water partition coefficient (Wildman–Crippen LogP) is 2.96.